The van der Waals surface area contributed by atoms with Gasteiger partial charge in [-0.2, -0.15) is 8.78 Å². The maximum Gasteiger partial charge on any atom is 0.387 e. The van der Waals surface area contributed by atoms with Crippen molar-refractivity contribution < 1.29 is 46.1 Å². The zero-order chi connectivity index (χ0) is 33.7. The van der Waals surface area contributed by atoms with Gasteiger partial charge in [0.25, 0.3) is 0 Å². The predicted octanol–water partition coefficient (Wildman–Crippen LogP) is 6.48. The molecule has 2 aliphatic rings. The fraction of sp³-hybridized carbons (Fsp3) is 0.548. The number of hydrogen-bond donors (Lipinski definition) is 2. The lowest BCUT2D eigenvalue weighted by molar-refractivity contribution is -0.139. The number of carbonyl (C=O) groups excluding carboxylic acids is 1. The molecule has 15 heteroatoms. The second kappa shape index (κ2) is 18.5. The quantitative estimate of drug-likeness (QED) is 0.0217. The van der Waals surface area contributed by atoms with Crippen LogP contribution in [0.15, 0.2) is 57.9 Å². The molecule has 1 aromatic carbocycles. The van der Waals surface area contributed by atoms with E-state index in [-0.39, 0.29) is 41.7 Å². The highest BCUT2D eigenvalue weighted by Gasteiger charge is 2.26. The van der Waals surface area contributed by atoms with Gasteiger partial charge in [-0.1, -0.05) is 29.7 Å². The van der Waals surface area contributed by atoms with E-state index in [2.05, 4.69) is 14.6 Å². The van der Waals surface area contributed by atoms with E-state index in [9.17, 15) is 22.0 Å². The van der Waals surface area contributed by atoms with Crippen LogP contribution in [0.1, 0.15) is 56.9 Å². The van der Waals surface area contributed by atoms with Gasteiger partial charge in [-0.05, 0) is 85.8 Å². The molecule has 0 aliphatic heterocycles. The highest BCUT2D eigenvalue weighted by atomic mass is 35.5. The molecule has 0 bridgehead atoms. The fourth-order valence-electron chi connectivity index (χ4n) is 4.26. The number of halogens is 4. The van der Waals surface area contributed by atoms with E-state index in [1.54, 1.807) is 12.1 Å². The Hall–Kier alpha value is -2.87. The Bertz CT molecular complexity index is 1400. The summed E-state index contributed by atoms with van der Waals surface area (Å²) in [5.41, 5.74) is 1.10. The average Bonchev–Trinajstić information content (AvgIpc) is 3.93. The predicted molar refractivity (Wildman–Crippen MR) is 171 cm³/mol. The van der Waals surface area contributed by atoms with E-state index in [0.29, 0.717) is 42.6 Å². The van der Waals surface area contributed by atoms with Crippen molar-refractivity contribution in [3.05, 3.63) is 58.3 Å². The van der Waals surface area contributed by atoms with Gasteiger partial charge in [-0.15, -0.1) is 11.6 Å². The van der Waals surface area contributed by atoms with Crippen LogP contribution in [-0.4, -0.2) is 70.5 Å². The lowest BCUT2D eigenvalue weighted by atomic mass is 9.90. The highest BCUT2D eigenvalue weighted by molar-refractivity contribution is 7.88. The summed E-state index contributed by atoms with van der Waals surface area (Å²) in [6, 6.07) is 4.47. The Balaban J connectivity index is 1.91. The van der Waals surface area contributed by atoms with Gasteiger partial charge in [0.15, 0.2) is 11.5 Å². The molecule has 1 unspecified atom stereocenters. The number of carbonyl (C=O) groups is 1. The standard InChI is InChI=1S/C31H40Cl2F2N2O8S/c1-3-26(32)25(27(33)16-36-39)14-24(23-8-9-28(45-31(34)35)29(15-23)43-18-21-6-7-21)19-44-30(38)22(10-12-37-46(2,40)41)11-13-42-17-20-4-5-20/h8-12,15-16,20-21,24,26,31,37,39H,3-7,13-14,17-19H2,1-2H3/b12-10-,22-11+,27-25+,36-16+/t24-,26?/m1/s1. The number of hydrogen-bond acceptors (Lipinski definition) is 9. The molecule has 2 atom stereocenters. The molecule has 2 N–H and O–H groups in total. The summed E-state index contributed by atoms with van der Waals surface area (Å²) in [6.45, 7) is -0.465. The van der Waals surface area contributed by atoms with Crippen LogP contribution in [0, 0.1) is 11.8 Å². The second-order valence-electron chi connectivity index (χ2n) is 11.2. The van der Waals surface area contributed by atoms with Crippen molar-refractivity contribution in [2.24, 2.45) is 17.0 Å². The first-order valence-electron chi connectivity index (χ1n) is 14.9. The van der Waals surface area contributed by atoms with E-state index in [1.165, 1.54) is 18.2 Å². The largest absolute Gasteiger partial charge is 0.489 e. The molecule has 2 fully saturated rings. The van der Waals surface area contributed by atoms with E-state index in [0.717, 1.165) is 44.4 Å². The van der Waals surface area contributed by atoms with E-state index in [4.69, 9.17) is 42.6 Å². The molecule has 0 aromatic heterocycles. The van der Waals surface area contributed by atoms with Crippen LogP contribution in [0.5, 0.6) is 11.5 Å². The lowest BCUT2D eigenvalue weighted by Gasteiger charge is -2.23. The minimum absolute atomic E-state index is 0.0461. The normalized spacial score (nSPS) is 17.7. The highest BCUT2D eigenvalue weighted by Crippen LogP contribution is 2.38. The Labute approximate surface area is 278 Å². The van der Waals surface area contributed by atoms with Crippen molar-refractivity contribution in [1.29, 1.82) is 0 Å². The van der Waals surface area contributed by atoms with Crippen LogP contribution in [0.25, 0.3) is 0 Å². The summed E-state index contributed by atoms with van der Waals surface area (Å²) >= 11 is 13.0. The third kappa shape index (κ3) is 13.9. The van der Waals surface area contributed by atoms with Gasteiger partial charge in [-0.3, -0.25) is 4.72 Å². The summed E-state index contributed by atoms with van der Waals surface area (Å²) < 4.78 is 73.5. The summed E-state index contributed by atoms with van der Waals surface area (Å²) in [4.78, 5) is 13.3. The summed E-state index contributed by atoms with van der Waals surface area (Å²) in [7, 11) is -3.57. The van der Waals surface area contributed by atoms with Gasteiger partial charge < -0.3 is 24.2 Å². The molecule has 0 amide bonds. The Morgan fingerprint density at radius 3 is 2.48 bits per heavy atom. The van der Waals surface area contributed by atoms with Crippen molar-refractivity contribution in [2.75, 3.05) is 32.7 Å². The van der Waals surface area contributed by atoms with Crippen LogP contribution in [-0.2, 0) is 24.3 Å². The van der Waals surface area contributed by atoms with Crippen molar-refractivity contribution in [3.63, 3.8) is 0 Å². The third-order valence-electron chi connectivity index (χ3n) is 7.18. The first-order valence-corrected chi connectivity index (χ1v) is 17.6. The fourth-order valence-corrected chi connectivity index (χ4v) is 5.09. The molecule has 46 heavy (non-hydrogen) atoms. The number of alkyl halides is 3. The first-order chi connectivity index (χ1) is 21.9. The molecule has 0 saturated heterocycles. The minimum atomic E-state index is -3.57. The second-order valence-corrected chi connectivity index (χ2v) is 13.9. The van der Waals surface area contributed by atoms with Crippen molar-refractivity contribution in [3.8, 4) is 11.5 Å². The molecule has 1 aromatic rings. The van der Waals surface area contributed by atoms with Gasteiger partial charge >= 0.3 is 12.6 Å². The van der Waals surface area contributed by atoms with E-state index >= 15 is 0 Å². The van der Waals surface area contributed by atoms with Gasteiger partial charge in [0.05, 0.1) is 48.3 Å². The zero-order valence-electron chi connectivity index (χ0n) is 25.7. The molecular formula is C31H40Cl2F2N2O8S. The average molecular weight is 710 g/mol. The maximum absolute atomic E-state index is 13.3. The van der Waals surface area contributed by atoms with Crippen molar-refractivity contribution in [1.82, 2.24) is 4.72 Å². The molecule has 2 saturated carbocycles. The molecule has 10 nitrogen and oxygen atoms in total. The van der Waals surface area contributed by atoms with Gasteiger partial charge in [0, 0.05) is 18.7 Å². The van der Waals surface area contributed by atoms with Gasteiger partial charge in [-0.25, -0.2) is 13.2 Å². The lowest BCUT2D eigenvalue weighted by Crippen LogP contribution is -2.19. The van der Waals surface area contributed by atoms with Crippen LogP contribution >= 0.6 is 23.2 Å². The smallest absolute Gasteiger partial charge is 0.387 e. The summed E-state index contributed by atoms with van der Waals surface area (Å²) in [6.07, 6.45) is 10.6. The maximum atomic E-state index is 13.3. The monoisotopic (exact) mass is 708 g/mol. The van der Waals surface area contributed by atoms with Gasteiger partial charge in [0.2, 0.25) is 10.0 Å². The van der Waals surface area contributed by atoms with Gasteiger partial charge in [0.1, 0.15) is 0 Å². The molecule has 0 spiro atoms. The number of esters is 1. The number of nitrogens with one attached hydrogen (secondary N) is 1. The molecule has 0 heterocycles. The van der Waals surface area contributed by atoms with Crippen molar-refractivity contribution in [2.45, 2.75) is 63.4 Å². The summed E-state index contributed by atoms with van der Waals surface area (Å²) in [5, 5.41) is 11.6. The molecule has 256 valence electrons. The van der Waals surface area contributed by atoms with E-state index < -0.39 is 33.9 Å². The number of rotatable bonds is 21. The molecule has 0 radical (unpaired) electrons. The zero-order valence-corrected chi connectivity index (χ0v) is 28.0. The third-order valence-corrected chi connectivity index (χ3v) is 8.65. The Morgan fingerprint density at radius 2 is 1.87 bits per heavy atom. The number of ether oxygens (including phenoxy) is 4. The number of allylic oxidation sites excluding steroid dienone is 2. The number of benzene rings is 1. The molecule has 2 aliphatic carbocycles. The van der Waals surface area contributed by atoms with Crippen LogP contribution in [0.4, 0.5) is 8.78 Å². The summed E-state index contributed by atoms with van der Waals surface area (Å²) in [5.74, 6) is -0.587. The Kier molecular flexibility index (Phi) is 15.1. The number of sulfonamides is 1. The van der Waals surface area contributed by atoms with Crippen LogP contribution in [0.3, 0.4) is 0 Å². The molecular weight excluding hydrogens is 669 g/mol. The molecule has 3 rings (SSSR count). The number of nitrogens with zero attached hydrogens (tertiary/aromatic N) is 1. The topological polar surface area (TPSA) is 133 Å². The number of oxime groups is 1. The van der Waals surface area contributed by atoms with Crippen LogP contribution < -0.4 is 14.2 Å². The SMILES string of the molecule is CCC(Cl)/C(C[C@H](COC(=O)C(/C=C\NS(C)(=O)=O)=C/COCC1CC1)c1ccc(OC(F)F)c(OCC2CC2)c1)=C(Cl)\C=N\O. The van der Waals surface area contributed by atoms with Crippen molar-refractivity contribution >= 4 is 45.4 Å². The minimum Gasteiger partial charge on any atom is -0.489 e. The van der Waals surface area contributed by atoms with Crippen LogP contribution in [0.2, 0.25) is 0 Å². The first kappa shape index (κ1) is 37.6. The van der Waals surface area contributed by atoms with E-state index in [1.807, 2.05) is 6.92 Å². The Morgan fingerprint density at radius 1 is 1.17 bits per heavy atom.